The van der Waals surface area contributed by atoms with Crippen molar-refractivity contribution >= 4 is 41.0 Å². The number of nitrogens with zero attached hydrogens (tertiary/aromatic N) is 5. The fourth-order valence-corrected chi connectivity index (χ4v) is 4.25. The second-order valence-corrected chi connectivity index (χ2v) is 9.01. The van der Waals surface area contributed by atoms with Crippen molar-refractivity contribution in [1.29, 1.82) is 0 Å². The molecule has 1 saturated heterocycles. The Hall–Kier alpha value is -2.73. The van der Waals surface area contributed by atoms with Crippen LogP contribution in [0.2, 0.25) is 0 Å². The van der Waals surface area contributed by atoms with E-state index in [1.165, 1.54) is 0 Å². The van der Waals surface area contributed by atoms with Crippen molar-refractivity contribution in [2.24, 2.45) is 4.99 Å². The first-order valence-electron chi connectivity index (χ1n) is 12.0. The molecule has 0 saturated carbocycles. The first-order valence-corrected chi connectivity index (χ1v) is 12.4. The van der Waals surface area contributed by atoms with Gasteiger partial charge in [0.05, 0.1) is 30.5 Å². The number of hydrogen-bond acceptors (Lipinski definition) is 9. The number of hydrogen-bond donors (Lipinski definition) is 3. The van der Waals surface area contributed by atoms with Crippen LogP contribution in [0.3, 0.4) is 0 Å². The maximum absolute atomic E-state index is 11.4. The van der Waals surface area contributed by atoms with Crippen LogP contribution in [0.5, 0.6) is 0 Å². The number of benzene rings is 1. The predicted molar refractivity (Wildman–Crippen MR) is 138 cm³/mol. The fourth-order valence-electron chi connectivity index (χ4n) is 4.15. The van der Waals surface area contributed by atoms with E-state index in [0.717, 1.165) is 24.1 Å². The third-order valence-corrected chi connectivity index (χ3v) is 6.15. The van der Waals surface area contributed by atoms with Gasteiger partial charge in [-0.3, -0.25) is 34.0 Å². The van der Waals surface area contributed by atoms with Gasteiger partial charge in [-0.1, -0.05) is 12.1 Å². The van der Waals surface area contributed by atoms with Gasteiger partial charge in [0, 0.05) is 52.4 Å². The molecule has 0 radical (unpaired) electrons. The molecule has 0 aromatic heterocycles. The molecule has 0 unspecified atom stereocenters. The molecule has 1 fully saturated rings. The molecule has 0 bridgehead atoms. The first-order chi connectivity index (χ1) is 17.2. The highest BCUT2D eigenvalue weighted by Crippen LogP contribution is 2.13. The highest BCUT2D eigenvalue weighted by atomic mass is 32.1. The van der Waals surface area contributed by atoms with Crippen LogP contribution in [0.15, 0.2) is 29.3 Å². The molecular formula is C24H35N5O6S. The summed E-state index contributed by atoms with van der Waals surface area (Å²) in [6, 6.07) is 7.69. The molecule has 1 aromatic rings. The van der Waals surface area contributed by atoms with Crippen molar-refractivity contribution in [3.05, 3.63) is 29.8 Å². The minimum absolute atomic E-state index is 0.0631. The monoisotopic (exact) mass is 521 g/mol. The Morgan fingerprint density at radius 1 is 0.833 bits per heavy atom. The molecule has 1 aliphatic rings. The van der Waals surface area contributed by atoms with Crippen molar-refractivity contribution in [3.63, 3.8) is 0 Å². The molecule has 1 aliphatic heterocycles. The summed E-state index contributed by atoms with van der Waals surface area (Å²) in [5.41, 5.74) is 1.87. The third-order valence-electron chi connectivity index (χ3n) is 6.06. The number of aryl methyl sites for hydroxylation is 1. The second kappa shape index (κ2) is 16.1. The summed E-state index contributed by atoms with van der Waals surface area (Å²) in [7, 11) is 0. The lowest BCUT2D eigenvalue weighted by molar-refractivity contribution is -0.140. The van der Waals surface area contributed by atoms with Crippen LogP contribution < -0.4 is 0 Å². The summed E-state index contributed by atoms with van der Waals surface area (Å²) in [5, 5.41) is 30.1. The van der Waals surface area contributed by atoms with Gasteiger partial charge < -0.3 is 15.3 Å². The van der Waals surface area contributed by atoms with E-state index in [0.29, 0.717) is 58.9 Å². The molecule has 3 N–H and O–H groups in total. The van der Waals surface area contributed by atoms with E-state index >= 15 is 0 Å². The molecule has 198 valence electrons. The Balaban J connectivity index is 1.92. The Kier molecular flexibility index (Phi) is 13.2. The van der Waals surface area contributed by atoms with Gasteiger partial charge in [0.1, 0.15) is 0 Å². The summed E-state index contributed by atoms with van der Waals surface area (Å²) in [6.07, 6.45) is 1.59. The van der Waals surface area contributed by atoms with E-state index in [1.807, 2.05) is 39.0 Å². The number of rotatable bonds is 14. The van der Waals surface area contributed by atoms with Crippen LogP contribution >= 0.6 is 12.2 Å². The SMILES string of the molecule is O=C(O)CN(CCCc1ccc(N=C=S)cc1)CCN1CCN(CC(=O)O)CCN(CC(=O)O)CC1. The quantitative estimate of drug-likeness (QED) is 0.237. The molecule has 12 heteroatoms. The second-order valence-electron chi connectivity index (χ2n) is 8.82. The van der Waals surface area contributed by atoms with Crippen LogP contribution in [0.1, 0.15) is 12.0 Å². The molecule has 0 amide bonds. The molecule has 0 aliphatic carbocycles. The number of carboxylic acids is 3. The van der Waals surface area contributed by atoms with Gasteiger partial charge in [-0.25, -0.2) is 0 Å². The molecule has 1 heterocycles. The number of aliphatic carboxylic acids is 3. The summed E-state index contributed by atoms with van der Waals surface area (Å²) < 4.78 is 0. The van der Waals surface area contributed by atoms with Crippen LogP contribution in [0.25, 0.3) is 0 Å². The van der Waals surface area contributed by atoms with Gasteiger partial charge in [-0.15, -0.1) is 0 Å². The molecule has 11 nitrogen and oxygen atoms in total. The van der Waals surface area contributed by atoms with Crippen LogP contribution in [-0.4, -0.2) is 137 Å². The lowest BCUT2D eigenvalue weighted by Crippen LogP contribution is -2.43. The number of isothiocyanates is 1. The molecule has 1 aromatic carbocycles. The van der Waals surface area contributed by atoms with Crippen LogP contribution in [0, 0.1) is 0 Å². The van der Waals surface area contributed by atoms with Crippen molar-refractivity contribution in [2.45, 2.75) is 12.8 Å². The van der Waals surface area contributed by atoms with Gasteiger partial charge in [0.2, 0.25) is 0 Å². The fraction of sp³-hybridized carbons (Fsp3) is 0.583. The van der Waals surface area contributed by atoms with Gasteiger partial charge in [-0.2, -0.15) is 4.99 Å². The highest BCUT2D eigenvalue weighted by molar-refractivity contribution is 7.78. The van der Waals surface area contributed by atoms with Crippen molar-refractivity contribution in [1.82, 2.24) is 19.6 Å². The first kappa shape index (κ1) is 29.5. The normalized spacial score (nSPS) is 16.0. The molecule has 36 heavy (non-hydrogen) atoms. The zero-order valence-electron chi connectivity index (χ0n) is 20.4. The number of carbonyl (C=O) groups is 3. The van der Waals surface area contributed by atoms with Gasteiger partial charge in [0.25, 0.3) is 0 Å². The van der Waals surface area contributed by atoms with Crippen molar-refractivity contribution in [2.75, 3.05) is 78.5 Å². The predicted octanol–water partition coefficient (Wildman–Crippen LogP) is 0.829. The van der Waals surface area contributed by atoms with Gasteiger partial charge >= 0.3 is 17.9 Å². The smallest absolute Gasteiger partial charge is 0.317 e. The van der Waals surface area contributed by atoms with Crippen LogP contribution in [0.4, 0.5) is 5.69 Å². The number of aliphatic imine (C=N–C) groups is 1. The molecule has 0 atom stereocenters. The Morgan fingerprint density at radius 2 is 1.36 bits per heavy atom. The lowest BCUT2D eigenvalue weighted by atomic mass is 10.1. The summed E-state index contributed by atoms with van der Waals surface area (Å²) >= 11 is 4.61. The Bertz CT molecular complexity index is 881. The Morgan fingerprint density at radius 3 is 1.83 bits per heavy atom. The molecule has 0 spiro atoms. The van der Waals surface area contributed by atoms with E-state index in [2.05, 4.69) is 27.3 Å². The average molecular weight is 522 g/mol. The summed E-state index contributed by atoms with van der Waals surface area (Å²) in [6.45, 7) is 4.85. The Labute approximate surface area is 216 Å². The summed E-state index contributed by atoms with van der Waals surface area (Å²) in [5.74, 6) is -2.72. The standard InChI is InChI=1S/C24H35N5O6S/c30-22(31)16-27(7-1-2-20-3-5-21(6-4-20)25-19-36)11-8-26-9-12-28(17-23(32)33)14-15-29(13-10-26)18-24(34)35/h3-6H,1-2,7-18H2,(H,30,31)(H,32,33)(H,34,35). The largest absolute Gasteiger partial charge is 0.480 e. The van der Waals surface area contributed by atoms with E-state index in [1.54, 1.807) is 0 Å². The zero-order valence-corrected chi connectivity index (χ0v) is 21.2. The molecule has 2 rings (SSSR count). The van der Waals surface area contributed by atoms with E-state index in [-0.39, 0.29) is 19.6 Å². The minimum Gasteiger partial charge on any atom is -0.480 e. The van der Waals surface area contributed by atoms with E-state index < -0.39 is 17.9 Å². The average Bonchev–Trinajstić information content (AvgIpc) is 2.89. The van der Waals surface area contributed by atoms with Gasteiger partial charge in [-0.05, 0) is 49.3 Å². The highest BCUT2D eigenvalue weighted by Gasteiger charge is 2.20. The van der Waals surface area contributed by atoms with Gasteiger partial charge in [0.15, 0.2) is 0 Å². The number of thiocarbonyl (C=S) groups is 1. The molecular weight excluding hydrogens is 486 g/mol. The maximum atomic E-state index is 11.4. The third kappa shape index (κ3) is 12.3. The minimum atomic E-state index is -0.917. The number of carboxylic acid groups (broad SMARTS) is 3. The maximum Gasteiger partial charge on any atom is 0.317 e. The van der Waals surface area contributed by atoms with Crippen molar-refractivity contribution < 1.29 is 29.7 Å². The van der Waals surface area contributed by atoms with E-state index in [4.69, 9.17) is 0 Å². The zero-order chi connectivity index (χ0) is 26.3. The topological polar surface area (TPSA) is 137 Å². The van der Waals surface area contributed by atoms with Crippen LogP contribution in [-0.2, 0) is 20.8 Å². The van der Waals surface area contributed by atoms with Crippen molar-refractivity contribution in [3.8, 4) is 0 Å². The summed E-state index contributed by atoms with van der Waals surface area (Å²) in [4.78, 5) is 45.5. The lowest BCUT2D eigenvalue weighted by Gasteiger charge is -2.28. The van der Waals surface area contributed by atoms with E-state index in [9.17, 15) is 29.7 Å².